The predicted octanol–water partition coefficient (Wildman–Crippen LogP) is 5.89. The maximum Gasteiger partial charge on any atom is 0.258 e. The van der Waals surface area contributed by atoms with Crippen molar-refractivity contribution in [2.45, 2.75) is 6.92 Å². The summed E-state index contributed by atoms with van der Waals surface area (Å²) in [4.78, 5) is 25.9. The van der Waals surface area contributed by atoms with Crippen LogP contribution in [-0.2, 0) is 0 Å². The number of hydrogen-bond acceptors (Lipinski definition) is 7. The summed E-state index contributed by atoms with van der Waals surface area (Å²) in [5.41, 5.74) is 9.54. The highest BCUT2D eigenvalue weighted by atomic mass is 79.9. The summed E-state index contributed by atoms with van der Waals surface area (Å²) >= 11 is 4.81. The fraction of sp³-hybridized carbons (Fsp3) is 0.0435. The third-order valence-corrected chi connectivity index (χ3v) is 6.65. The molecule has 1 amide bonds. The first-order chi connectivity index (χ1) is 15.5. The highest BCUT2D eigenvalue weighted by Crippen LogP contribution is 2.34. The minimum Gasteiger partial charge on any atom is -0.382 e. The van der Waals surface area contributed by atoms with E-state index in [4.69, 9.17) is 5.73 Å². The molecule has 0 atom stereocenters. The highest BCUT2D eigenvalue weighted by Gasteiger charge is 2.18. The van der Waals surface area contributed by atoms with Gasteiger partial charge in [0.2, 0.25) is 0 Å². The van der Waals surface area contributed by atoms with Crippen molar-refractivity contribution in [3.63, 3.8) is 0 Å². The van der Waals surface area contributed by atoms with E-state index in [1.165, 1.54) is 17.7 Å². The van der Waals surface area contributed by atoms with E-state index in [0.29, 0.717) is 27.4 Å². The van der Waals surface area contributed by atoms with Crippen molar-refractivity contribution in [1.29, 1.82) is 0 Å². The molecule has 3 heterocycles. The molecule has 0 saturated heterocycles. The number of aromatic nitrogens is 3. The van der Waals surface area contributed by atoms with E-state index in [0.717, 1.165) is 32.2 Å². The summed E-state index contributed by atoms with van der Waals surface area (Å²) in [5, 5.41) is 9.98. The number of carbonyl (C=O) groups excluding carboxylic acids is 1. The Morgan fingerprint density at radius 2 is 1.84 bits per heavy atom. The van der Waals surface area contributed by atoms with E-state index in [1.807, 2.05) is 49.4 Å². The first-order valence-electron chi connectivity index (χ1n) is 9.71. The normalized spacial score (nSPS) is 11.1. The summed E-state index contributed by atoms with van der Waals surface area (Å²) in [6, 6.07) is 13.7. The molecule has 0 unspecified atom stereocenters. The van der Waals surface area contributed by atoms with Gasteiger partial charge in [0, 0.05) is 32.5 Å². The monoisotopic (exact) mass is 504 g/mol. The lowest BCUT2D eigenvalue weighted by Crippen LogP contribution is -2.13. The van der Waals surface area contributed by atoms with E-state index in [-0.39, 0.29) is 5.91 Å². The minimum absolute atomic E-state index is 0.246. The van der Waals surface area contributed by atoms with Gasteiger partial charge in [-0.15, -0.1) is 11.3 Å². The highest BCUT2D eigenvalue weighted by molar-refractivity contribution is 9.10. The van der Waals surface area contributed by atoms with Crippen LogP contribution in [-0.4, -0.2) is 20.9 Å². The van der Waals surface area contributed by atoms with Crippen LogP contribution in [0.15, 0.2) is 64.8 Å². The van der Waals surface area contributed by atoms with Gasteiger partial charge in [-0.3, -0.25) is 4.79 Å². The van der Waals surface area contributed by atoms with E-state index >= 15 is 0 Å². The maximum absolute atomic E-state index is 13.2. The van der Waals surface area contributed by atoms with Gasteiger partial charge in [0.25, 0.3) is 5.91 Å². The summed E-state index contributed by atoms with van der Waals surface area (Å²) in [5.74, 6) is 0.834. The van der Waals surface area contributed by atoms with Crippen molar-refractivity contribution in [1.82, 2.24) is 15.0 Å². The number of aryl methyl sites for hydroxylation is 1. The number of fused-ring (bicyclic) bond motifs is 2. The zero-order valence-electron chi connectivity index (χ0n) is 16.9. The molecular weight excluding hydrogens is 488 g/mol. The summed E-state index contributed by atoms with van der Waals surface area (Å²) < 4.78 is 1.71. The van der Waals surface area contributed by atoms with Crippen LogP contribution in [0, 0.1) is 6.92 Å². The fourth-order valence-electron chi connectivity index (χ4n) is 3.51. The number of rotatable bonds is 4. The second-order valence-corrected chi connectivity index (χ2v) is 8.98. The molecule has 0 saturated carbocycles. The molecule has 5 aromatic rings. The number of amides is 1. The van der Waals surface area contributed by atoms with Crippen LogP contribution in [0.2, 0.25) is 0 Å². The second kappa shape index (κ2) is 8.18. The largest absolute Gasteiger partial charge is 0.382 e. The van der Waals surface area contributed by atoms with E-state index in [1.54, 1.807) is 11.6 Å². The number of nitrogen functional groups attached to an aromatic ring is 1. The Morgan fingerprint density at radius 1 is 1.03 bits per heavy atom. The minimum atomic E-state index is -0.246. The molecule has 9 heteroatoms. The lowest BCUT2D eigenvalue weighted by atomic mass is 10.0. The Kier molecular flexibility index (Phi) is 5.20. The molecule has 0 aliphatic carbocycles. The molecule has 0 aliphatic heterocycles. The van der Waals surface area contributed by atoms with Gasteiger partial charge < -0.3 is 16.4 Å². The number of nitrogens with zero attached hydrogens (tertiary/aromatic N) is 3. The molecule has 2 aromatic carbocycles. The van der Waals surface area contributed by atoms with Gasteiger partial charge in [0.05, 0.1) is 21.5 Å². The number of benzene rings is 2. The van der Waals surface area contributed by atoms with Gasteiger partial charge in [0.1, 0.15) is 18.0 Å². The average molecular weight is 505 g/mol. The smallest absolute Gasteiger partial charge is 0.258 e. The topological polar surface area (TPSA) is 106 Å². The molecule has 5 rings (SSSR count). The third-order valence-electron chi connectivity index (χ3n) is 5.13. The van der Waals surface area contributed by atoms with Crippen LogP contribution in [0.25, 0.3) is 21.0 Å². The number of pyridine rings is 1. The number of anilines is 4. The van der Waals surface area contributed by atoms with Crippen LogP contribution in [0.5, 0.6) is 0 Å². The molecule has 0 radical (unpaired) electrons. The van der Waals surface area contributed by atoms with Gasteiger partial charge in [0.15, 0.2) is 0 Å². The van der Waals surface area contributed by atoms with Crippen LogP contribution < -0.4 is 16.4 Å². The lowest BCUT2D eigenvalue weighted by Gasteiger charge is -2.14. The van der Waals surface area contributed by atoms with Crippen LogP contribution in [0.4, 0.5) is 23.0 Å². The van der Waals surface area contributed by atoms with Gasteiger partial charge in [-0.25, -0.2) is 15.0 Å². The molecule has 0 bridgehead atoms. The zero-order valence-corrected chi connectivity index (χ0v) is 19.3. The average Bonchev–Trinajstić information content (AvgIpc) is 3.23. The lowest BCUT2D eigenvalue weighted by molar-refractivity contribution is 0.102. The van der Waals surface area contributed by atoms with E-state index < -0.39 is 0 Å². The molecule has 0 aliphatic rings. The predicted molar refractivity (Wildman–Crippen MR) is 134 cm³/mol. The number of halogens is 1. The first-order valence-corrected chi connectivity index (χ1v) is 11.4. The number of nitrogens with one attached hydrogen (secondary N) is 2. The van der Waals surface area contributed by atoms with Crippen molar-refractivity contribution in [2.75, 3.05) is 16.4 Å². The molecule has 0 spiro atoms. The van der Waals surface area contributed by atoms with Crippen molar-refractivity contribution in [2.24, 2.45) is 0 Å². The van der Waals surface area contributed by atoms with Gasteiger partial charge >= 0.3 is 0 Å². The van der Waals surface area contributed by atoms with E-state index in [9.17, 15) is 4.79 Å². The molecule has 158 valence electrons. The van der Waals surface area contributed by atoms with Gasteiger partial charge in [-0.2, -0.15) is 0 Å². The molecule has 32 heavy (non-hydrogen) atoms. The standard InChI is InChI=1S/C23H17BrN6OS/c1-12-2-7-16-15(8-9-26-22(16)29-14-5-3-13(24)4-6-14)18(12)30-23(31)17-10-32-20-19(17)27-11-28-21(20)25/h2-11H,1H3,(H,26,29)(H,30,31)(H2,25,27,28). The van der Waals surface area contributed by atoms with Crippen molar-refractivity contribution < 1.29 is 4.79 Å². The molecular formula is C23H17BrN6OS. The van der Waals surface area contributed by atoms with Gasteiger partial charge in [-0.05, 0) is 42.8 Å². The SMILES string of the molecule is Cc1ccc2c(Nc3ccc(Br)cc3)nccc2c1NC(=O)c1csc2c(N)ncnc12. The van der Waals surface area contributed by atoms with Crippen molar-refractivity contribution >= 4 is 77.2 Å². The zero-order chi connectivity index (χ0) is 22.2. The second-order valence-electron chi connectivity index (χ2n) is 7.18. The summed E-state index contributed by atoms with van der Waals surface area (Å²) in [6.45, 7) is 1.96. The number of hydrogen-bond donors (Lipinski definition) is 3. The van der Waals surface area contributed by atoms with Crippen molar-refractivity contribution in [3.8, 4) is 0 Å². The Labute approximate surface area is 195 Å². The Bertz CT molecular complexity index is 1480. The molecule has 0 fully saturated rings. The number of carbonyl (C=O) groups is 1. The van der Waals surface area contributed by atoms with Crippen molar-refractivity contribution in [3.05, 3.63) is 76.0 Å². The molecule has 7 nitrogen and oxygen atoms in total. The Balaban J connectivity index is 1.53. The maximum atomic E-state index is 13.2. The Hall–Kier alpha value is -3.56. The fourth-order valence-corrected chi connectivity index (χ4v) is 4.68. The summed E-state index contributed by atoms with van der Waals surface area (Å²) in [7, 11) is 0. The number of thiophene rings is 1. The summed E-state index contributed by atoms with van der Waals surface area (Å²) in [6.07, 6.45) is 3.10. The third kappa shape index (κ3) is 3.65. The van der Waals surface area contributed by atoms with Crippen LogP contribution >= 0.6 is 27.3 Å². The molecule has 4 N–H and O–H groups in total. The quantitative estimate of drug-likeness (QED) is 0.281. The van der Waals surface area contributed by atoms with Gasteiger partial charge in [-0.1, -0.05) is 28.1 Å². The van der Waals surface area contributed by atoms with Crippen LogP contribution in [0.3, 0.4) is 0 Å². The number of nitrogens with two attached hydrogens (primary N) is 1. The Morgan fingerprint density at radius 3 is 2.66 bits per heavy atom. The van der Waals surface area contributed by atoms with E-state index in [2.05, 4.69) is 41.5 Å². The first kappa shape index (κ1) is 20.3. The molecule has 3 aromatic heterocycles. The van der Waals surface area contributed by atoms with Crippen LogP contribution in [0.1, 0.15) is 15.9 Å².